The molecule has 0 atom stereocenters. The molecule has 0 spiro atoms. The topological polar surface area (TPSA) is 95.3 Å². The van der Waals surface area contributed by atoms with Gasteiger partial charge in [0.2, 0.25) is 0 Å². The molecule has 0 bridgehead atoms. The molecule has 3 aromatic rings. The van der Waals surface area contributed by atoms with E-state index in [9.17, 15) is 14.9 Å². The second kappa shape index (κ2) is 4.80. The minimum Gasteiger partial charge on any atom is -0.358 e. The Morgan fingerprint density at radius 2 is 2.30 bits per heavy atom. The Hall–Kier alpha value is -2.07. The molecule has 0 fully saturated rings. The highest BCUT2D eigenvalue weighted by Gasteiger charge is 2.19. The van der Waals surface area contributed by atoms with Crippen molar-refractivity contribution in [3.63, 3.8) is 0 Å². The summed E-state index contributed by atoms with van der Waals surface area (Å²) in [4.78, 5) is 26.8. The minimum atomic E-state index is -0.578. The fourth-order valence-electron chi connectivity index (χ4n) is 1.73. The first-order chi connectivity index (χ1) is 9.54. The molecule has 0 N–H and O–H groups in total. The highest BCUT2D eigenvalue weighted by Crippen LogP contribution is 2.22. The summed E-state index contributed by atoms with van der Waals surface area (Å²) in [6.45, 7) is 0.191. The van der Waals surface area contributed by atoms with Crippen molar-refractivity contribution in [2.45, 2.75) is 6.54 Å². The van der Waals surface area contributed by atoms with Crippen molar-refractivity contribution in [1.82, 2.24) is 19.2 Å². The first-order valence-corrected chi connectivity index (χ1v) is 7.05. The van der Waals surface area contributed by atoms with E-state index < -0.39 is 4.92 Å². The third kappa shape index (κ3) is 2.23. The van der Waals surface area contributed by atoms with Crippen LogP contribution in [0.15, 0.2) is 33.1 Å². The Kier molecular flexibility index (Phi) is 3.10. The number of aromatic nitrogens is 4. The van der Waals surface area contributed by atoms with Gasteiger partial charge in [0.15, 0.2) is 4.96 Å². The predicted octanol–water partition coefficient (Wildman–Crippen LogP) is 1.67. The van der Waals surface area contributed by atoms with Crippen molar-refractivity contribution in [2.24, 2.45) is 0 Å². The van der Waals surface area contributed by atoms with Gasteiger partial charge in [0.05, 0.1) is 17.0 Å². The van der Waals surface area contributed by atoms with Gasteiger partial charge in [-0.2, -0.15) is 4.68 Å². The lowest BCUT2D eigenvalue weighted by atomic mass is 10.4. The molecule has 0 aliphatic heterocycles. The smallest absolute Gasteiger partial charge is 0.358 e. The van der Waals surface area contributed by atoms with Crippen LogP contribution in [-0.4, -0.2) is 24.1 Å². The van der Waals surface area contributed by atoms with Crippen molar-refractivity contribution in [3.05, 3.63) is 54.5 Å². The van der Waals surface area contributed by atoms with Gasteiger partial charge >= 0.3 is 5.82 Å². The number of fused-ring (bicyclic) bond motifs is 1. The van der Waals surface area contributed by atoms with Gasteiger partial charge in [-0.25, -0.2) is 4.98 Å². The molecule has 20 heavy (non-hydrogen) atoms. The van der Waals surface area contributed by atoms with E-state index in [0.29, 0.717) is 10.7 Å². The highest BCUT2D eigenvalue weighted by atomic mass is 79.9. The third-order valence-corrected chi connectivity index (χ3v) is 3.87. The van der Waals surface area contributed by atoms with Crippen LogP contribution in [0.3, 0.4) is 0 Å². The zero-order valence-corrected chi connectivity index (χ0v) is 12.2. The van der Waals surface area contributed by atoms with E-state index in [-0.39, 0.29) is 22.4 Å². The molecule has 0 radical (unpaired) electrons. The van der Waals surface area contributed by atoms with E-state index in [2.05, 4.69) is 26.0 Å². The molecule has 8 nitrogen and oxygen atoms in total. The summed E-state index contributed by atoms with van der Waals surface area (Å²) in [5.41, 5.74) is 0.314. The monoisotopic (exact) mass is 355 g/mol. The predicted molar refractivity (Wildman–Crippen MR) is 75.0 cm³/mol. The van der Waals surface area contributed by atoms with Gasteiger partial charge in [-0.05, 0) is 20.9 Å². The summed E-state index contributed by atoms with van der Waals surface area (Å²) in [6.07, 6.45) is 3.13. The number of hydrogen-bond acceptors (Lipinski definition) is 6. The third-order valence-electron chi connectivity index (χ3n) is 2.55. The first-order valence-electron chi connectivity index (χ1n) is 5.38. The van der Waals surface area contributed by atoms with Crippen LogP contribution in [0.5, 0.6) is 0 Å². The summed E-state index contributed by atoms with van der Waals surface area (Å²) in [6, 6.07) is 1.39. The summed E-state index contributed by atoms with van der Waals surface area (Å²) >= 11 is 4.41. The maximum Gasteiger partial charge on any atom is 0.404 e. The Bertz CT molecular complexity index is 867. The lowest BCUT2D eigenvalue weighted by Crippen LogP contribution is -2.14. The molecule has 0 aliphatic carbocycles. The van der Waals surface area contributed by atoms with Crippen LogP contribution >= 0.6 is 27.3 Å². The van der Waals surface area contributed by atoms with Crippen LogP contribution in [-0.2, 0) is 6.54 Å². The molecule has 0 amide bonds. The van der Waals surface area contributed by atoms with Crippen LogP contribution in [0, 0.1) is 10.1 Å². The minimum absolute atomic E-state index is 0.188. The van der Waals surface area contributed by atoms with E-state index in [1.54, 1.807) is 11.6 Å². The number of nitrogens with zero attached hydrogens (tertiary/aromatic N) is 5. The normalized spacial score (nSPS) is 11.1. The van der Waals surface area contributed by atoms with E-state index in [4.69, 9.17) is 0 Å². The van der Waals surface area contributed by atoms with Gasteiger partial charge in [-0.1, -0.05) is 0 Å². The Balaban J connectivity index is 1.98. The SMILES string of the molecule is O=c1cc(Cn2cc(Br)c([N+](=O)[O-])n2)nc2sccn12. The Morgan fingerprint density at radius 1 is 1.50 bits per heavy atom. The molecule has 0 saturated carbocycles. The van der Waals surface area contributed by atoms with Crippen LogP contribution in [0.1, 0.15) is 5.69 Å². The molecular weight excluding hydrogens is 350 g/mol. The molecule has 3 rings (SSSR count). The fourth-order valence-corrected chi connectivity index (χ4v) is 2.93. The number of nitro groups is 1. The van der Waals surface area contributed by atoms with Crippen molar-refractivity contribution in [3.8, 4) is 0 Å². The number of thiazole rings is 1. The second-order valence-corrected chi connectivity index (χ2v) is 5.62. The van der Waals surface area contributed by atoms with Crippen LogP contribution < -0.4 is 5.56 Å². The van der Waals surface area contributed by atoms with E-state index >= 15 is 0 Å². The molecule has 0 aromatic carbocycles. The molecule has 3 aromatic heterocycles. The summed E-state index contributed by atoms with van der Waals surface area (Å²) in [5, 5.41) is 16.3. The molecule has 102 valence electrons. The fraction of sp³-hybridized carbons (Fsp3) is 0.100. The van der Waals surface area contributed by atoms with Gasteiger partial charge in [0.25, 0.3) is 5.56 Å². The van der Waals surface area contributed by atoms with E-state index in [1.165, 1.54) is 32.7 Å². The van der Waals surface area contributed by atoms with Crippen LogP contribution in [0.2, 0.25) is 0 Å². The first kappa shape index (κ1) is 12.9. The number of halogens is 1. The lowest BCUT2D eigenvalue weighted by molar-refractivity contribution is -0.390. The van der Waals surface area contributed by atoms with Gasteiger partial charge in [-0.3, -0.25) is 9.20 Å². The van der Waals surface area contributed by atoms with Crippen molar-refractivity contribution in [2.75, 3.05) is 0 Å². The van der Waals surface area contributed by atoms with Crippen LogP contribution in [0.4, 0.5) is 5.82 Å². The molecule has 10 heteroatoms. The quantitative estimate of drug-likeness (QED) is 0.526. The van der Waals surface area contributed by atoms with Gasteiger partial charge in [0, 0.05) is 17.6 Å². The molecule has 3 heterocycles. The average molecular weight is 356 g/mol. The Morgan fingerprint density at radius 3 is 3.00 bits per heavy atom. The zero-order valence-electron chi connectivity index (χ0n) is 9.76. The van der Waals surface area contributed by atoms with Crippen molar-refractivity contribution >= 4 is 38.0 Å². The zero-order chi connectivity index (χ0) is 14.3. The molecule has 0 aliphatic rings. The van der Waals surface area contributed by atoms with Crippen molar-refractivity contribution < 1.29 is 4.92 Å². The summed E-state index contributed by atoms with van der Waals surface area (Å²) in [5.74, 6) is -0.265. The maximum atomic E-state index is 11.8. The second-order valence-electron chi connectivity index (χ2n) is 3.90. The van der Waals surface area contributed by atoms with Crippen LogP contribution in [0.25, 0.3) is 4.96 Å². The maximum absolute atomic E-state index is 11.8. The lowest BCUT2D eigenvalue weighted by Gasteiger charge is -1.98. The highest BCUT2D eigenvalue weighted by molar-refractivity contribution is 9.10. The van der Waals surface area contributed by atoms with Gasteiger partial charge in [0.1, 0.15) is 11.0 Å². The number of hydrogen-bond donors (Lipinski definition) is 0. The van der Waals surface area contributed by atoms with E-state index in [0.717, 1.165) is 0 Å². The summed E-state index contributed by atoms with van der Waals surface area (Å²) < 4.78 is 3.10. The standard InChI is InChI=1S/C10H6BrN5O3S/c11-7-5-14(13-9(7)16(18)19)4-6-3-8(17)15-1-2-20-10(15)12-6/h1-3,5H,4H2. The summed E-state index contributed by atoms with van der Waals surface area (Å²) in [7, 11) is 0. The van der Waals surface area contributed by atoms with Gasteiger partial charge in [-0.15, -0.1) is 11.3 Å². The average Bonchev–Trinajstić information content (AvgIpc) is 2.96. The number of rotatable bonds is 3. The molecule has 0 saturated heterocycles. The molecule has 0 unspecified atom stereocenters. The van der Waals surface area contributed by atoms with Crippen molar-refractivity contribution in [1.29, 1.82) is 0 Å². The largest absolute Gasteiger partial charge is 0.404 e. The molecular formula is C10H6BrN5O3S. The Labute approximate surface area is 123 Å². The van der Waals surface area contributed by atoms with Gasteiger partial charge < -0.3 is 10.1 Å². The van der Waals surface area contributed by atoms with E-state index in [1.807, 2.05) is 0 Å².